The van der Waals surface area contributed by atoms with Crippen LogP contribution in [0.25, 0.3) is 0 Å². The van der Waals surface area contributed by atoms with E-state index in [0.29, 0.717) is 24.8 Å². The number of amides is 1. The predicted octanol–water partition coefficient (Wildman–Crippen LogP) is 1.55. The highest BCUT2D eigenvalue weighted by Gasteiger charge is 2.52. The van der Waals surface area contributed by atoms with Gasteiger partial charge in [0.05, 0.1) is 0 Å². The summed E-state index contributed by atoms with van der Waals surface area (Å²) in [6.45, 7) is 4.99. The number of hydrogen-bond donors (Lipinski definition) is 2. The summed E-state index contributed by atoms with van der Waals surface area (Å²) in [4.78, 5) is 14.7. The second-order valence-corrected chi connectivity index (χ2v) is 6.00. The fourth-order valence-electron chi connectivity index (χ4n) is 2.66. The van der Waals surface area contributed by atoms with Crippen LogP contribution in [0.3, 0.4) is 0 Å². The van der Waals surface area contributed by atoms with Gasteiger partial charge >= 0.3 is 0 Å². The van der Waals surface area contributed by atoms with Crippen LogP contribution in [-0.4, -0.2) is 34.4 Å². The zero-order valence-electron chi connectivity index (χ0n) is 11.2. The van der Waals surface area contributed by atoms with Gasteiger partial charge in [-0.3, -0.25) is 4.79 Å². The van der Waals surface area contributed by atoms with Crippen molar-refractivity contribution >= 4 is 11.7 Å². The van der Waals surface area contributed by atoms with Crippen molar-refractivity contribution in [2.45, 2.75) is 52.0 Å². The quantitative estimate of drug-likeness (QED) is 0.338. The molecule has 0 spiro atoms. The Morgan fingerprint density at radius 1 is 1.50 bits per heavy atom. The average Bonchev–Trinajstić information content (AvgIpc) is 3.07. The van der Waals surface area contributed by atoms with Crippen LogP contribution in [0.1, 0.15) is 46.0 Å². The van der Waals surface area contributed by atoms with Gasteiger partial charge in [0.1, 0.15) is 5.41 Å². The molecule has 2 aliphatic carbocycles. The number of nitrogens with zero attached hydrogens (tertiary/aromatic N) is 2. The number of amidine groups is 1. The van der Waals surface area contributed by atoms with Gasteiger partial charge in [0.15, 0.2) is 5.84 Å². The van der Waals surface area contributed by atoms with E-state index in [2.05, 4.69) is 19.0 Å². The van der Waals surface area contributed by atoms with Crippen molar-refractivity contribution < 1.29 is 10.0 Å². The van der Waals surface area contributed by atoms with E-state index in [9.17, 15) is 4.79 Å². The number of carbonyl (C=O) groups is 1. The zero-order chi connectivity index (χ0) is 13.3. The lowest BCUT2D eigenvalue weighted by atomic mass is 9.66. The van der Waals surface area contributed by atoms with Crippen LogP contribution in [0.15, 0.2) is 5.16 Å². The van der Waals surface area contributed by atoms with Crippen LogP contribution in [0.2, 0.25) is 0 Å². The van der Waals surface area contributed by atoms with Crippen molar-refractivity contribution in [3.63, 3.8) is 0 Å². The fourth-order valence-corrected chi connectivity index (χ4v) is 2.66. The molecule has 0 radical (unpaired) electrons. The largest absolute Gasteiger partial charge is 0.409 e. The van der Waals surface area contributed by atoms with Crippen molar-refractivity contribution in [1.82, 2.24) is 4.90 Å². The Hall–Kier alpha value is -1.26. The Balaban J connectivity index is 2.16. The van der Waals surface area contributed by atoms with Gasteiger partial charge < -0.3 is 15.8 Å². The highest BCUT2D eigenvalue weighted by atomic mass is 16.4. The minimum Gasteiger partial charge on any atom is -0.409 e. The third kappa shape index (κ3) is 2.18. The van der Waals surface area contributed by atoms with Gasteiger partial charge in [0, 0.05) is 12.6 Å². The molecular weight excluding hydrogens is 230 g/mol. The van der Waals surface area contributed by atoms with E-state index in [1.54, 1.807) is 0 Å². The lowest BCUT2D eigenvalue weighted by molar-refractivity contribution is -0.143. The fraction of sp³-hybridized carbons (Fsp3) is 0.846. The smallest absolute Gasteiger partial charge is 0.236 e. The van der Waals surface area contributed by atoms with Gasteiger partial charge in [-0.15, -0.1) is 0 Å². The Labute approximate surface area is 108 Å². The summed E-state index contributed by atoms with van der Waals surface area (Å²) in [5.74, 6) is 0.604. The maximum absolute atomic E-state index is 12.7. The first kappa shape index (κ1) is 13.2. The molecule has 2 fully saturated rings. The Morgan fingerprint density at radius 3 is 2.44 bits per heavy atom. The minimum atomic E-state index is -0.716. The third-order valence-electron chi connectivity index (χ3n) is 4.02. The average molecular weight is 253 g/mol. The third-order valence-corrected chi connectivity index (χ3v) is 4.02. The summed E-state index contributed by atoms with van der Waals surface area (Å²) >= 11 is 0. The van der Waals surface area contributed by atoms with Gasteiger partial charge in [-0.1, -0.05) is 25.4 Å². The van der Waals surface area contributed by atoms with E-state index in [0.717, 1.165) is 25.8 Å². The first-order valence-electron chi connectivity index (χ1n) is 6.80. The zero-order valence-corrected chi connectivity index (χ0v) is 11.2. The molecule has 0 unspecified atom stereocenters. The Kier molecular flexibility index (Phi) is 3.50. The SMILES string of the molecule is CC(C)CN(C(=O)C1(C(N)=NO)CCC1)C1CC1. The first-order chi connectivity index (χ1) is 8.51. The minimum absolute atomic E-state index is 0.0697. The van der Waals surface area contributed by atoms with Crippen LogP contribution < -0.4 is 5.73 Å². The topological polar surface area (TPSA) is 78.9 Å². The molecule has 0 aliphatic heterocycles. The van der Waals surface area contributed by atoms with Crippen molar-refractivity contribution in [3.05, 3.63) is 0 Å². The second-order valence-electron chi connectivity index (χ2n) is 6.00. The molecule has 0 aromatic carbocycles. The standard InChI is InChI=1S/C13H23N3O2/c1-9(2)8-16(10-4-5-10)12(17)13(6-3-7-13)11(14)15-18/h9-10,18H,3-8H2,1-2H3,(H2,14,15). The summed E-state index contributed by atoms with van der Waals surface area (Å²) in [6.07, 6.45) is 4.57. The summed E-state index contributed by atoms with van der Waals surface area (Å²) in [6, 6.07) is 0.379. The van der Waals surface area contributed by atoms with Crippen molar-refractivity contribution in [2.24, 2.45) is 22.2 Å². The molecule has 2 saturated carbocycles. The van der Waals surface area contributed by atoms with E-state index >= 15 is 0 Å². The monoisotopic (exact) mass is 253 g/mol. The van der Waals surface area contributed by atoms with Crippen LogP contribution in [-0.2, 0) is 4.79 Å². The molecule has 3 N–H and O–H groups in total. The molecule has 0 bridgehead atoms. The van der Waals surface area contributed by atoms with Gasteiger partial charge in [0.25, 0.3) is 0 Å². The lowest BCUT2D eigenvalue weighted by Crippen LogP contribution is -2.56. The first-order valence-corrected chi connectivity index (χ1v) is 6.80. The number of carbonyl (C=O) groups excluding carboxylic acids is 1. The van der Waals surface area contributed by atoms with Crippen LogP contribution in [0.5, 0.6) is 0 Å². The van der Waals surface area contributed by atoms with E-state index in [4.69, 9.17) is 10.9 Å². The molecule has 0 atom stereocenters. The molecule has 0 aromatic heterocycles. The van der Waals surface area contributed by atoms with Gasteiger partial charge in [0.2, 0.25) is 5.91 Å². The predicted molar refractivity (Wildman–Crippen MR) is 69.3 cm³/mol. The van der Waals surface area contributed by atoms with Crippen LogP contribution in [0, 0.1) is 11.3 Å². The lowest BCUT2D eigenvalue weighted by Gasteiger charge is -2.42. The molecule has 2 rings (SSSR count). The highest BCUT2D eigenvalue weighted by Crippen LogP contribution is 2.44. The number of nitrogens with two attached hydrogens (primary N) is 1. The Morgan fingerprint density at radius 2 is 2.11 bits per heavy atom. The second kappa shape index (κ2) is 4.78. The van der Waals surface area contributed by atoms with Crippen molar-refractivity contribution in [1.29, 1.82) is 0 Å². The van der Waals surface area contributed by atoms with Gasteiger partial charge in [-0.05, 0) is 31.6 Å². The van der Waals surface area contributed by atoms with Crippen molar-refractivity contribution in [2.75, 3.05) is 6.54 Å². The normalized spacial score (nSPS) is 22.7. The summed E-state index contributed by atoms with van der Waals surface area (Å²) < 4.78 is 0. The molecule has 0 aromatic rings. The van der Waals surface area contributed by atoms with E-state index in [-0.39, 0.29) is 11.7 Å². The van der Waals surface area contributed by atoms with E-state index in [1.807, 2.05) is 4.90 Å². The highest BCUT2D eigenvalue weighted by molar-refractivity contribution is 6.07. The number of rotatable bonds is 5. The molecule has 2 aliphatic rings. The molecule has 0 saturated heterocycles. The molecular formula is C13H23N3O2. The molecule has 0 heterocycles. The maximum atomic E-state index is 12.7. The summed E-state index contributed by atoms with van der Waals surface area (Å²) in [7, 11) is 0. The van der Waals surface area contributed by atoms with Crippen molar-refractivity contribution in [3.8, 4) is 0 Å². The van der Waals surface area contributed by atoms with Gasteiger partial charge in [-0.25, -0.2) is 0 Å². The summed E-state index contributed by atoms with van der Waals surface area (Å²) in [5, 5.41) is 12.0. The molecule has 5 nitrogen and oxygen atoms in total. The van der Waals surface area contributed by atoms with Crippen LogP contribution >= 0.6 is 0 Å². The molecule has 18 heavy (non-hydrogen) atoms. The maximum Gasteiger partial charge on any atom is 0.236 e. The molecule has 102 valence electrons. The van der Waals surface area contributed by atoms with Crippen LogP contribution in [0.4, 0.5) is 0 Å². The molecule has 5 heteroatoms. The van der Waals surface area contributed by atoms with E-state index in [1.165, 1.54) is 0 Å². The molecule has 1 amide bonds. The summed E-state index contributed by atoms with van der Waals surface area (Å²) in [5.41, 5.74) is 5.04. The number of hydrogen-bond acceptors (Lipinski definition) is 3. The van der Waals surface area contributed by atoms with E-state index < -0.39 is 5.41 Å². The number of oxime groups is 1. The Bertz CT molecular complexity index is 357. The van der Waals surface area contributed by atoms with Gasteiger partial charge in [-0.2, -0.15) is 0 Å².